The van der Waals surface area contributed by atoms with E-state index >= 15 is 0 Å². The van der Waals surface area contributed by atoms with Crippen molar-refractivity contribution in [2.24, 2.45) is 13.0 Å². The SMILES string of the molecule is C[C@H]1CN([C@@H](C)CO)C(=O)c2cc(NC(=O)Cc3cn(C)c4ccccc34)ccc2O[C@H]1CN(C)Cc1ccc(C(=O)Nc2ccccc2N)cc1. The summed E-state index contributed by atoms with van der Waals surface area (Å²) >= 11 is 0. The number of para-hydroxylation sites is 3. The molecule has 0 spiro atoms. The lowest BCUT2D eigenvalue weighted by Gasteiger charge is -2.38. The Morgan fingerprint density at radius 2 is 1.75 bits per heavy atom. The highest BCUT2D eigenvalue weighted by molar-refractivity contribution is 6.05. The average molecular weight is 703 g/mol. The lowest BCUT2D eigenvalue weighted by atomic mass is 9.99. The highest BCUT2D eigenvalue weighted by Crippen LogP contribution is 2.31. The van der Waals surface area contributed by atoms with Gasteiger partial charge < -0.3 is 35.7 Å². The van der Waals surface area contributed by atoms with Crippen LogP contribution in [-0.2, 0) is 24.8 Å². The van der Waals surface area contributed by atoms with Crippen LogP contribution < -0.4 is 21.1 Å². The van der Waals surface area contributed by atoms with Crippen LogP contribution in [0, 0.1) is 5.92 Å². The number of anilines is 3. The molecule has 6 rings (SSSR count). The predicted molar refractivity (Wildman–Crippen MR) is 204 cm³/mol. The van der Waals surface area contributed by atoms with Gasteiger partial charge in [0, 0.05) is 61.0 Å². The Labute approximate surface area is 304 Å². The molecule has 3 atom stereocenters. The van der Waals surface area contributed by atoms with E-state index in [1.807, 2.05) is 87.2 Å². The number of ether oxygens (including phenoxy) is 1. The molecule has 2 heterocycles. The number of amides is 3. The molecule has 0 saturated carbocycles. The first-order chi connectivity index (χ1) is 25.0. The molecule has 3 amide bonds. The minimum absolute atomic E-state index is 0.0647. The molecule has 0 fully saturated rings. The van der Waals surface area contributed by atoms with Gasteiger partial charge >= 0.3 is 0 Å². The monoisotopic (exact) mass is 702 g/mol. The van der Waals surface area contributed by atoms with Crippen molar-refractivity contribution in [1.29, 1.82) is 0 Å². The number of hydrogen-bond acceptors (Lipinski definition) is 7. The van der Waals surface area contributed by atoms with E-state index in [9.17, 15) is 19.5 Å². The molecule has 1 aromatic heterocycles. The van der Waals surface area contributed by atoms with Gasteiger partial charge in [0.15, 0.2) is 0 Å². The van der Waals surface area contributed by atoms with E-state index in [1.165, 1.54) is 0 Å². The smallest absolute Gasteiger partial charge is 0.258 e. The number of aliphatic hydroxyl groups is 1. The van der Waals surface area contributed by atoms with E-state index in [0.29, 0.717) is 53.6 Å². The average Bonchev–Trinajstić information content (AvgIpc) is 3.45. The lowest BCUT2D eigenvalue weighted by molar-refractivity contribution is -0.115. The third kappa shape index (κ3) is 8.11. The van der Waals surface area contributed by atoms with Gasteiger partial charge in [-0.3, -0.25) is 19.3 Å². The first-order valence-corrected chi connectivity index (χ1v) is 17.5. The number of rotatable bonds is 11. The molecule has 270 valence electrons. The molecular formula is C41H46N6O5. The zero-order chi connectivity index (χ0) is 36.9. The standard InChI is InChI=1S/C41H46N6O5/c1-26-21-47(27(2)25-48)41(51)33-20-31(43-39(49)19-30-23-46(4)36-12-8-5-9-32(30)36)17-18-37(33)52-38(26)24-45(3)22-28-13-15-29(16-14-28)40(50)44-35-11-7-6-10-34(35)42/h5-18,20,23,26-27,38,48H,19,21-22,24-25,42H2,1-4H3,(H,43,49)(H,44,50)/t26-,27-,38-/m0/s1. The maximum Gasteiger partial charge on any atom is 0.258 e. The second-order valence-electron chi connectivity index (χ2n) is 13.8. The summed E-state index contributed by atoms with van der Waals surface area (Å²) in [5, 5.41) is 16.9. The highest BCUT2D eigenvalue weighted by Gasteiger charge is 2.33. The number of aliphatic hydroxyl groups excluding tert-OH is 1. The summed E-state index contributed by atoms with van der Waals surface area (Å²) in [4.78, 5) is 43.8. The molecule has 4 aromatic carbocycles. The second kappa shape index (κ2) is 15.7. The predicted octanol–water partition coefficient (Wildman–Crippen LogP) is 5.55. The van der Waals surface area contributed by atoms with E-state index in [2.05, 4.69) is 15.5 Å². The van der Waals surface area contributed by atoms with Gasteiger partial charge in [0.2, 0.25) is 5.91 Å². The van der Waals surface area contributed by atoms with Crippen LogP contribution in [0.4, 0.5) is 17.1 Å². The molecule has 1 aliphatic heterocycles. The zero-order valence-electron chi connectivity index (χ0n) is 30.0. The number of aromatic nitrogens is 1. The van der Waals surface area contributed by atoms with Gasteiger partial charge in [-0.1, -0.05) is 49.4 Å². The molecule has 0 unspecified atom stereocenters. The molecule has 11 nitrogen and oxygen atoms in total. The number of nitrogens with one attached hydrogen (secondary N) is 2. The number of carbonyl (C=O) groups excluding carboxylic acids is 3. The lowest BCUT2D eigenvalue weighted by Crippen LogP contribution is -2.49. The van der Waals surface area contributed by atoms with Crippen molar-refractivity contribution in [1.82, 2.24) is 14.4 Å². The van der Waals surface area contributed by atoms with Crippen molar-refractivity contribution in [3.8, 4) is 5.75 Å². The summed E-state index contributed by atoms with van der Waals surface area (Å²) in [6.45, 7) is 5.21. The van der Waals surface area contributed by atoms with Gasteiger partial charge in [0.25, 0.3) is 11.8 Å². The highest BCUT2D eigenvalue weighted by atomic mass is 16.5. The van der Waals surface area contributed by atoms with E-state index in [-0.39, 0.29) is 42.8 Å². The summed E-state index contributed by atoms with van der Waals surface area (Å²) in [5.74, 6) is -0.341. The summed E-state index contributed by atoms with van der Waals surface area (Å²) in [5.41, 5.74) is 11.4. The van der Waals surface area contributed by atoms with Gasteiger partial charge in [0.05, 0.1) is 36.0 Å². The van der Waals surface area contributed by atoms with Crippen molar-refractivity contribution < 1.29 is 24.2 Å². The maximum absolute atomic E-state index is 14.0. The van der Waals surface area contributed by atoms with Crippen LogP contribution in [0.1, 0.15) is 45.7 Å². The van der Waals surface area contributed by atoms with Crippen LogP contribution in [0.2, 0.25) is 0 Å². The molecule has 11 heteroatoms. The van der Waals surface area contributed by atoms with Crippen LogP contribution >= 0.6 is 0 Å². The number of nitrogens with zero attached hydrogens (tertiary/aromatic N) is 3. The molecule has 0 aliphatic carbocycles. The van der Waals surface area contributed by atoms with Crippen LogP contribution in [0.3, 0.4) is 0 Å². The topological polar surface area (TPSA) is 142 Å². The van der Waals surface area contributed by atoms with Gasteiger partial charge in [-0.2, -0.15) is 0 Å². The Bertz CT molecular complexity index is 2080. The molecule has 1 aliphatic rings. The summed E-state index contributed by atoms with van der Waals surface area (Å²) in [7, 11) is 3.96. The Kier molecular flexibility index (Phi) is 10.9. The van der Waals surface area contributed by atoms with Gasteiger partial charge in [-0.15, -0.1) is 0 Å². The van der Waals surface area contributed by atoms with Gasteiger partial charge in [-0.05, 0) is 73.6 Å². The van der Waals surface area contributed by atoms with Gasteiger partial charge in [0.1, 0.15) is 11.9 Å². The fourth-order valence-corrected chi connectivity index (χ4v) is 6.71. The number of likely N-dealkylation sites (N-methyl/N-ethyl adjacent to an activating group) is 1. The molecule has 52 heavy (non-hydrogen) atoms. The number of nitrogen functional groups attached to an aromatic ring is 1. The number of fused-ring (bicyclic) bond motifs is 2. The van der Waals surface area contributed by atoms with E-state index in [0.717, 1.165) is 22.0 Å². The van der Waals surface area contributed by atoms with Crippen molar-refractivity contribution in [2.45, 2.75) is 39.0 Å². The molecule has 0 bridgehead atoms. The van der Waals surface area contributed by atoms with Crippen LogP contribution in [-0.4, -0.2) is 76.1 Å². The van der Waals surface area contributed by atoms with Crippen LogP contribution in [0.5, 0.6) is 5.75 Å². The molecule has 0 radical (unpaired) electrons. The minimum atomic E-state index is -0.419. The Balaban J connectivity index is 1.15. The zero-order valence-corrected chi connectivity index (χ0v) is 30.0. The molecule has 5 N–H and O–H groups in total. The van der Waals surface area contributed by atoms with Crippen LogP contribution in [0.15, 0.2) is 97.2 Å². The largest absolute Gasteiger partial charge is 0.488 e. The van der Waals surface area contributed by atoms with Gasteiger partial charge in [-0.25, -0.2) is 0 Å². The third-order valence-corrected chi connectivity index (χ3v) is 9.65. The van der Waals surface area contributed by atoms with Crippen molar-refractivity contribution >= 4 is 45.7 Å². The van der Waals surface area contributed by atoms with E-state index in [4.69, 9.17) is 10.5 Å². The van der Waals surface area contributed by atoms with Crippen molar-refractivity contribution in [2.75, 3.05) is 43.1 Å². The molecule has 5 aromatic rings. The number of aryl methyl sites for hydroxylation is 1. The molecule has 0 saturated heterocycles. The second-order valence-corrected chi connectivity index (χ2v) is 13.8. The van der Waals surface area contributed by atoms with Crippen molar-refractivity contribution in [3.05, 3.63) is 119 Å². The van der Waals surface area contributed by atoms with Crippen molar-refractivity contribution in [3.63, 3.8) is 0 Å². The first kappa shape index (κ1) is 36.2. The van der Waals surface area contributed by atoms with E-state index < -0.39 is 6.04 Å². The fraction of sp³-hybridized carbons (Fsp3) is 0.293. The minimum Gasteiger partial charge on any atom is -0.488 e. The number of hydrogen-bond donors (Lipinski definition) is 4. The number of nitrogens with two attached hydrogens (primary N) is 1. The maximum atomic E-state index is 14.0. The quantitative estimate of drug-likeness (QED) is 0.132. The number of carbonyl (C=O) groups is 3. The summed E-state index contributed by atoms with van der Waals surface area (Å²) in [6, 6.07) is 27.3. The Morgan fingerprint density at radius 1 is 1.02 bits per heavy atom. The van der Waals surface area contributed by atoms with Crippen LogP contribution in [0.25, 0.3) is 10.9 Å². The molecular weight excluding hydrogens is 656 g/mol. The number of benzene rings is 4. The fourth-order valence-electron chi connectivity index (χ4n) is 6.71. The van der Waals surface area contributed by atoms with E-state index in [1.54, 1.807) is 47.4 Å². The third-order valence-electron chi connectivity index (χ3n) is 9.65. The summed E-state index contributed by atoms with van der Waals surface area (Å²) in [6.07, 6.45) is 1.85. The normalized spacial score (nSPS) is 16.5. The first-order valence-electron chi connectivity index (χ1n) is 17.5. The summed E-state index contributed by atoms with van der Waals surface area (Å²) < 4.78 is 8.59. The Hall–Kier alpha value is -5.65. The Morgan fingerprint density at radius 3 is 2.50 bits per heavy atom.